The summed E-state index contributed by atoms with van der Waals surface area (Å²) >= 11 is 0. The number of rotatable bonds is 2. The van der Waals surface area contributed by atoms with E-state index in [2.05, 4.69) is 62.3 Å². The van der Waals surface area contributed by atoms with Gasteiger partial charge in [0, 0.05) is 5.40 Å². The monoisotopic (exact) mass is 306 g/mol. The van der Waals surface area contributed by atoms with Crippen LogP contribution in [0.1, 0.15) is 55.8 Å². The van der Waals surface area contributed by atoms with Gasteiger partial charge in [0.2, 0.25) is 0 Å². The predicted molar refractivity (Wildman–Crippen MR) is 96.3 cm³/mol. The van der Waals surface area contributed by atoms with Crippen LogP contribution in [-0.4, -0.2) is 0 Å². The average molecular weight is 306 g/mol. The van der Waals surface area contributed by atoms with Crippen molar-refractivity contribution in [3.63, 3.8) is 0 Å². The minimum atomic E-state index is -0.0901. The molecule has 0 saturated heterocycles. The molecule has 2 aromatic heterocycles. The van der Waals surface area contributed by atoms with Crippen LogP contribution >= 0.6 is 15.1 Å². The average Bonchev–Trinajstić information content (AvgIpc) is 2.71. The first-order chi connectivity index (χ1) is 9.20. The maximum Gasteiger partial charge on any atom is 0.0340 e. The Morgan fingerprint density at radius 3 is 0.900 bits per heavy atom. The first-order valence-corrected chi connectivity index (χ1v) is 10.3. The number of hydrogen-bond acceptors (Lipinski definition) is 0. The lowest BCUT2D eigenvalue weighted by atomic mass is 10.2. The molecule has 0 amide bonds. The van der Waals surface area contributed by atoms with Gasteiger partial charge in [-0.15, -0.1) is 15.1 Å². The zero-order valence-corrected chi connectivity index (χ0v) is 16.3. The lowest BCUT2D eigenvalue weighted by Gasteiger charge is -2.18. The molecule has 2 aromatic rings. The van der Waals surface area contributed by atoms with Crippen molar-refractivity contribution in [1.82, 2.24) is 0 Å². The molecule has 0 N–H and O–H groups in total. The SMILES string of the molecule is Cc1c(C)c(C)p(C(C)p2c(C)c(C)c(C)c2C)c1C. The summed E-state index contributed by atoms with van der Waals surface area (Å²) in [5, 5.41) is 7.49. The molecule has 0 spiro atoms. The molecule has 0 atom stereocenters. The van der Waals surface area contributed by atoms with Gasteiger partial charge in [0.05, 0.1) is 0 Å². The van der Waals surface area contributed by atoms with E-state index in [9.17, 15) is 0 Å². The van der Waals surface area contributed by atoms with Crippen LogP contribution in [0.2, 0.25) is 0 Å². The Balaban J connectivity index is 2.67. The summed E-state index contributed by atoms with van der Waals surface area (Å²) in [4.78, 5) is 0. The molecular formula is C18H28P2. The van der Waals surface area contributed by atoms with Gasteiger partial charge in [-0.25, -0.2) is 0 Å². The lowest BCUT2D eigenvalue weighted by molar-refractivity contribution is 1.30. The van der Waals surface area contributed by atoms with E-state index in [1.165, 1.54) is 0 Å². The zero-order chi connectivity index (χ0) is 15.4. The maximum atomic E-state index is 2.51. The van der Waals surface area contributed by atoms with Crippen molar-refractivity contribution in [2.75, 3.05) is 0 Å². The van der Waals surface area contributed by atoms with Gasteiger partial charge in [0.25, 0.3) is 0 Å². The Morgan fingerprint density at radius 1 is 0.500 bits per heavy atom. The highest BCUT2D eigenvalue weighted by atomic mass is 31.2. The molecule has 2 heterocycles. The summed E-state index contributed by atoms with van der Waals surface area (Å²) in [5.74, 6) is 0. The molecule has 2 heteroatoms. The highest BCUT2D eigenvalue weighted by Crippen LogP contribution is 2.65. The van der Waals surface area contributed by atoms with Crippen molar-refractivity contribution in [2.45, 2.75) is 67.7 Å². The van der Waals surface area contributed by atoms with E-state index in [0.29, 0.717) is 0 Å². The summed E-state index contributed by atoms with van der Waals surface area (Å²) in [5.41, 5.74) is 6.25. The van der Waals surface area contributed by atoms with Crippen molar-refractivity contribution in [1.29, 1.82) is 0 Å². The smallest absolute Gasteiger partial charge is 0.0340 e. The van der Waals surface area contributed by atoms with Crippen LogP contribution in [0.5, 0.6) is 0 Å². The molecule has 110 valence electrons. The quantitative estimate of drug-likeness (QED) is 0.550. The normalized spacial score (nSPS) is 11.7. The Morgan fingerprint density at radius 2 is 0.700 bits per heavy atom. The summed E-state index contributed by atoms with van der Waals surface area (Å²) in [6.07, 6.45) is 0. The Hall–Kier alpha value is -0.440. The van der Waals surface area contributed by atoms with Crippen LogP contribution in [-0.2, 0) is 0 Å². The topological polar surface area (TPSA) is 0 Å². The summed E-state index contributed by atoms with van der Waals surface area (Å²) in [7, 11) is -0.180. The van der Waals surface area contributed by atoms with Crippen LogP contribution < -0.4 is 0 Å². The summed E-state index contributed by atoms with van der Waals surface area (Å²) < 4.78 is 0. The van der Waals surface area contributed by atoms with Crippen LogP contribution in [0.3, 0.4) is 0 Å². The third-order valence-corrected chi connectivity index (χ3v) is 12.6. The van der Waals surface area contributed by atoms with Crippen LogP contribution in [0.25, 0.3) is 0 Å². The molecule has 0 aliphatic heterocycles. The van der Waals surface area contributed by atoms with Crippen LogP contribution in [0.4, 0.5) is 0 Å². The van der Waals surface area contributed by atoms with Crippen molar-refractivity contribution in [2.24, 2.45) is 0 Å². The maximum absolute atomic E-state index is 2.51. The highest BCUT2D eigenvalue weighted by Gasteiger charge is 2.23. The van der Waals surface area contributed by atoms with E-state index in [4.69, 9.17) is 0 Å². The van der Waals surface area contributed by atoms with Crippen molar-refractivity contribution < 1.29 is 0 Å². The van der Waals surface area contributed by atoms with E-state index in [1.54, 1.807) is 43.4 Å². The van der Waals surface area contributed by atoms with E-state index >= 15 is 0 Å². The molecule has 0 aliphatic rings. The molecular weight excluding hydrogens is 278 g/mol. The van der Waals surface area contributed by atoms with Crippen LogP contribution in [0.15, 0.2) is 0 Å². The van der Waals surface area contributed by atoms with Gasteiger partial charge in [-0.05, 0) is 106 Å². The molecule has 0 fully saturated rings. The second kappa shape index (κ2) is 5.40. The molecule has 2 rings (SSSR count). The fourth-order valence-corrected chi connectivity index (χ4v) is 11.9. The van der Waals surface area contributed by atoms with Crippen molar-refractivity contribution >= 4 is 15.1 Å². The standard InChI is InChI=1S/C18H28P2/c1-10-11(2)15(6)19(14(10)5)18(9)20-16(7)12(3)13(4)17(20)8/h18H,1-9H3. The molecule has 0 saturated carbocycles. The Kier molecular flexibility index (Phi) is 4.30. The zero-order valence-electron chi connectivity index (χ0n) is 14.5. The molecule has 20 heavy (non-hydrogen) atoms. The largest absolute Gasteiger partial charge is 0.107 e. The van der Waals surface area contributed by atoms with E-state index in [1.807, 2.05) is 0 Å². The van der Waals surface area contributed by atoms with Crippen molar-refractivity contribution in [3.05, 3.63) is 43.4 Å². The fourth-order valence-electron chi connectivity index (χ4n) is 3.55. The van der Waals surface area contributed by atoms with Gasteiger partial charge >= 0.3 is 0 Å². The summed E-state index contributed by atoms with van der Waals surface area (Å²) in [6, 6.07) is 0. The Bertz CT molecular complexity index is 559. The second-order valence-electron chi connectivity index (χ2n) is 6.21. The Labute approximate surface area is 126 Å². The first kappa shape index (κ1) is 15.9. The van der Waals surface area contributed by atoms with Gasteiger partial charge in [0.1, 0.15) is 0 Å². The first-order valence-electron chi connectivity index (χ1n) is 7.49. The fraction of sp³-hybridized carbons (Fsp3) is 0.556. The van der Waals surface area contributed by atoms with Crippen LogP contribution in [0, 0.1) is 55.4 Å². The summed E-state index contributed by atoms with van der Waals surface area (Å²) in [6.45, 7) is 21.3. The minimum Gasteiger partial charge on any atom is -0.107 e. The molecule has 0 unspecified atom stereocenters. The van der Waals surface area contributed by atoms with Gasteiger partial charge in [-0.3, -0.25) is 0 Å². The van der Waals surface area contributed by atoms with E-state index in [-0.39, 0.29) is 15.1 Å². The third-order valence-electron chi connectivity index (χ3n) is 5.49. The molecule has 0 radical (unpaired) electrons. The van der Waals surface area contributed by atoms with Gasteiger partial charge in [-0.1, -0.05) is 0 Å². The number of hydrogen-bond donors (Lipinski definition) is 0. The van der Waals surface area contributed by atoms with Gasteiger partial charge in [-0.2, -0.15) is 0 Å². The third kappa shape index (κ3) is 2.13. The second-order valence-corrected chi connectivity index (χ2v) is 12.3. The molecule has 0 aromatic carbocycles. The predicted octanol–water partition coefficient (Wildman–Crippen LogP) is 7.19. The minimum absolute atomic E-state index is 0.0901. The molecule has 0 nitrogen and oxygen atoms in total. The highest BCUT2D eigenvalue weighted by molar-refractivity contribution is 7.68. The van der Waals surface area contributed by atoms with Gasteiger partial charge < -0.3 is 0 Å². The van der Waals surface area contributed by atoms with Gasteiger partial charge in [0.15, 0.2) is 0 Å². The lowest BCUT2D eigenvalue weighted by Crippen LogP contribution is -1.79. The molecule has 0 aliphatic carbocycles. The molecule has 0 bridgehead atoms. The van der Waals surface area contributed by atoms with E-state index < -0.39 is 0 Å². The van der Waals surface area contributed by atoms with E-state index in [0.717, 1.165) is 5.40 Å². The van der Waals surface area contributed by atoms with Crippen molar-refractivity contribution in [3.8, 4) is 0 Å².